The lowest BCUT2D eigenvalue weighted by atomic mass is 10.1. The molecule has 16 heavy (non-hydrogen) atoms. The van der Waals surface area contributed by atoms with Crippen LogP contribution in [0.1, 0.15) is 17.7 Å². The van der Waals surface area contributed by atoms with Crippen molar-refractivity contribution in [3.05, 3.63) is 23.4 Å². The topological polar surface area (TPSA) is 71.1 Å². The molecule has 0 radical (unpaired) electrons. The number of nitrogens with zero attached hydrogens (tertiary/aromatic N) is 1. The highest BCUT2D eigenvalue weighted by Gasteiger charge is 2.10. The average Bonchev–Trinajstić information content (AvgIpc) is 2.25. The predicted octanol–water partition coefficient (Wildman–Crippen LogP) is 0.489. The highest BCUT2D eigenvalue weighted by atomic mass is 32.2. The van der Waals surface area contributed by atoms with Crippen LogP contribution in [0.5, 0.6) is 0 Å². The normalized spacial score (nSPS) is 15.3. The van der Waals surface area contributed by atoms with Crippen molar-refractivity contribution in [1.82, 2.24) is 9.71 Å². The maximum atomic E-state index is 10.9. The second-order valence-corrected chi connectivity index (χ2v) is 5.77. The highest BCUT2D eigenvalue weighted by Crippen LogP contribution is 2.19. The zero-order chi connectivity index (χ0) is 11.6. The minimum Gasteiger partial charge on any atom is -0.370 e. The molecule has 0 spiro atoms. The zero-order valence-electron chi connectivity index (χ0n) is 9.16. The van der Waals surface area contributed by atoms with E-state index in [4.69, 9.17) is 0 Å². The van der Waals surface area contributed by atoms with Gasteiger partial charge < -0.3 is 5.32 Å². The Balaban J connectivity index is 2.11. The fourth-order valence-electron chi connectivity index (χ4n) is 1.67. The van der Waals surface area contributed by atoms with Crippen LogP contribution in [-0.2, 0) is 23.0 Å². The number of aromatic nitrogens is 1. The number of hydrogen-bond donors (Lipinski definition) is 2. The molecule has 0 fully saturated rings. The Bertz CT molecular complexity index is 485. The second-order valence-electron chi connectivity index (χ2n) is 3.93. The molecule has 0 saturated heterocycles. The van der Waals surface area contributed by atoms with E-state index < -0.39 is 10.0 Å². The number of pyridine rings is 1. The number of anilines is 1. The van der Waals surface area contributed by atoms with Crippen LogP contribution in [0.3, 0.4) is 0 Å². The Labute approximate surface area is 95.3 Å². The minimum atomic E-state index is -3.15. The van der Waals surface area contributed by atoms with Crippen LogP contribution in [0.15, 0.2) is 12.1 Å². The van der Waals surface area contributed by atoms with E-state index in [2.05, 4.69) is 15.0 Å². The Morgan fingerprint density at radius 2 is 2.31 bits per heavy atom. The number of fused-ring (bicyclic) bond motifs is 1. The summed E-state index contributed by atoms with van der Waals surface area (Å²) in [5.41, 5.74) is 1.94. The van der Waals surface area contributed by atoms with Crippen LogP contribution in [0.2, 0.25) is 0 Å². The van der Waals surface area contributed by atoms with Crippen molar-refractivity contribution in [3.63, 3.8) is 0 Å². The average molecular weight is 241 g/mol. The van der Waals surface area contributed by atoms with Gasteiger partial charge >= 0.3 is 0 Å². The lowest BCUT2D eigenvalue weighted by molar-refractivity contribution is 0.586. The molecule has 0 bridgehead atoms. The van der Waals surface area contributed by atoms with Gasteiger partial charge in [0, 0.05) is 6.54 Å². The summed E-state index contributed by atoms with van der Waals surface area (Å²) in [6.07, 6.45) is 3.30. The Morgan fingerprint density at radius 3 is 3.06 bits per heavy atom. The van der Waals surface area contributed by atoms with Gasteiger partial charge in [0.05, 0.1) is 18.5 Å². The molecule has 1 aliphatic rings. The Kier molecular flexibility index (Phi) is 3.11. The fraction of sp³-hybridized carbons (Fsp3) is 0.500. The van der Waals surface area contributed by atoms with Gasteiger partial charge in [-0.1, -0.05) is 6.07 Å². The first-order valence-electron chi connectivity index (χ1n) is 5.22. The SMILES string of the molecule is CS(=O)(=O)NCc1ccc2c(n1)NCCC2. The third-order valence-corrected chi connectivity index (χ3v) is 3.14. The van der Waals surface area contributed by atoms with Gasteiger partial charge in [-0.05, 0) is 24.5 Å². The number of nitrogens with one attached hydrogen (secondary N) is 2. The first-order valence-corrected chi connectivity index (χ1v) is 7.11. The third kappa shape index (κ3) is 2.93. The second kappa shape index (κ2) is 4.39. The van der Waals surface area contributed by atoms with E-state index in [-0.39, 0.29) is 6.54 Å². The molecule has 2 N–H and O–H groups in total. The van der Waals surface area contributed by atoms with E-state index in [1.54, 1.807) is 0 Å². The molecule has 2 rings (SSSR count). The monoisotopic (exact) mass is 241 g/mol. The maximum absolute atomic E-state index is 10.9. The summed E-state index contributed by atoms with van der Waals surface area (Å²) in [4.78, 5) is 4.38. The molecule has 2 heterocycles. The molecule has 0 aliphatic carbocycles. The molecular weight excluding hydrogens is 226 g/mol. The molecule has 0 amide bonds. The molecular formula is C10H15N3O2S. The first-order chi connectivity index (χ1) is 7.54. The summed E-state index contributed by atoms with van der Waals surface area (Å²) in [6, 6.07) is 3.87. The molecule has 0 atom stereocenters. The number of rotatable bonds is 3. The molecule has 6 heteroatoms. The number of hydrogen-bond acceptors (Lipinski definition) is 4. The number of aryl methyl sites for hydroxylation is 1. The summed E-state index contributed by atoms with van der Waals surface area (Å²) in [7, 11) is -3.15. The van der Waals surface area contributed by atoms with Crippen LogP contribution in [0, 0.1) is 0 Å². The van der Waals surface area contributed by atoms with Gasteiger partial charge in [0.25, 0.3) is 0 Å². The van der Waals surface area contributed by atoms with E-state index >= 15 is 0 Å². The summed E-state index contributed by atoms with van der Waals surface area (Å²) in [5, 5.41) is 3.21. The van der Waals surface area contributed by atoms with E-state index in [1.807, 2.05) is 12.1 Å². The molecule has 1 aromatic rings. The summed E-state index contributed by atoms with van der Waals surface area (Å²) in [5.74, 6) is 0.888. The van der Waals surface area contributed by atoms with Crippen molar-refractivity contribution in [2.24, 2.45) is 0 Å². The third-order valence-electron chi connectivity index (χ3n) is 2.47. The van der Waals surface area contributed by atoms with Crippen LogP contribution in [0.4, 0.5) is 5.82 Å². The van der Waals surface area contributed by atoms with Crippen LogP contribution in [-0.4, -0.2) is 26.2 Å². The van der Waals surface area contributed by atoms with Gasteiger partial charge in [-0.2, -0.15) is 0 Å². The van der Waals surface area contributed by atoms with Gasteiger partial charge in [-0.3, -0.25) is 0 Å². The van der Waals surface area contributed by atoms with Crippen LogP contribution in [0.25, 0.3) is 0 Å². The van der Waals surface area contributed by atoms with Gasteiger partial charge in [-0.15, -0.1) is 0 Å². The minimum absolute atomic E-state index is 0.244. The van der Waals surface area contributed by atoms with Crippen molar-refractivity contribution >= 4 is 15.8 Å². The van der Waals surface area contributed by atoms with Crippen molar-refractivity contribution in [2.75, 3.05) is 18.1 Å². The molecule has 0 aromatic carbocycles. The smallest absolute Gasteiger partial charge is 0.209 e. The quantitative estimate of drug-likeness (QED) is 0.808. The molecule has 5 nitrogen and oxygen atoms in total. The molecule has 0 saturated carbocycles. The Hall–Kier alpha value is -1.14. The largest absolute Gasteiger partial charge is 0.370 e. The van der Waals surface area contributed by atoms with Crippen LogP contribution < -0.4 is 10.0 Å². The van der Waals surface area contributed by atoms with E-state index in [9.17, 15) is 8.42 Å². The van der Waals surface area contributed by atoms with Crippen molar-refractivity contribution in [3.8, 4) is 0 Å². The Morgan fingerprint density at radius 1 is 1.50 bits per heavy atom. The summed E-state index contributed by atoms with van der Waals surface area (Å²) in [6.45, 7) is 1.18. The van der Waals surface area contributed by atoms with Crippen molar-refractivity contribution in [2.45, 2.75) is 19.4 Å². The predicted molar refractivity (Wildman–Crippen MR) is 62.7 cm³/mol. The first kappa shape index (κ1) is 11.3. The highest BCUT2D eigenvalue weighted by molar-refractivity contribution is 7.88. The van der Waals surface area contributed by atoms with Gasteiger partial charge in [0.15, 0.2) is 0 Å². The molecule has 1 aliphatic heterocycles. The molecule has 1 aromatic heterocycles. The van der Waals surface area contributed by atoms with Gasteiger partial charge in [-0.25, -0.2) is 18.1 Å². The fourth-order valence-corrected chi connectivity index (χ4v) is 2.08. The standard InChI is InChI=1S/C10H15N3O2S/c1-16(14,15)12-7-9-5-4-8-3-2-6-11-10(8)13-9/h4-5,12H,2-3,6-7H2,1H3,(H,11,13). The molecule has 0 unspecified atom stereocenters. The lowest BCUT2D eigenvalue weighted by Gasteiger charge is -2.17. The summed E-state index contributed by atoms with van der Waals surface area (Å²) >= 11 is 0. The molecule has 88 valence electrons. The summed E-state index contributed by atoms with van der Waals surface area (Å²) < 4.78 is 24.3. The maximum Gasteiger partial charge on any atom is 0.209 e. The van der Waals surface area contributed by atoms with Gasteiger partial charge in [0.1, 0.15) is 5.82 Å². The van der Waals surface area contributed by atoms with E-state index in [0.717, 1.165) is 37.2 Å². The number of sulfonamides is 1. The van der Waals surface area contributed by atoms with Crippen molar-refractivity contribution < 1.29 is 8.42 Å². The van der Waals surface area contributed by atoms with E-state index in [0.29, 0.717) is 0 Å². The van der Waals surface area contributed by atoms with Gasteiger partial charge in [0.2, 0.25) is 10.0 Å². The zero-order valence-corrected chi connectivity index (χ0v) is 9.97. The lowest BCUT2D eigenvalue weighted by Crippen LogP contribution is -2.22. The van der Waals surface area contributed by atoms with Crippen molar-refractivity contribution in [1.29, 1.82) is 0 Å². The van der Waals surface area contributed by atoms with Crippen LogP contribution >= 0.6 is 0 Å². The van der Waals surface area contributed by atoms with E-state index in [1.165, 1.54) is 5.56 Å².